The fraction of sp³-hybridized carbons (Fsp3) is 0.788. The Morgan fingerprint density at radius 1 is 0.362 bits per heavy atom. The highest BCUT2D eigenvalue weighted by atomic mass is 16.6. The lowest BCUT2D eigenvalue weighted by Crippen LogP contribution is -2.30. The molecule has 0 heterocycles. The van der Waals surface area contributed by atoms with Crippen molar-refractivity contribution >= 4 is 17.9 Å². The van der Waals surface area contributed by atoms with Gasteiger partial charge in [-0.2, -0.15) is 0 Å². The zero-order chi connectivity index (χ0) is 42.3. The molecule has 0 fully saturated rings. The minimum absolute atomic E-state index is 0.102. The number of rotatable bonds is 44. The first-order chi connectivity index (χ1) is 28.5. The van der Waals surface area contributed by atoms with Gasteiger partial charge in [0.15, 0.2) is 6.10 Å². The van der Waals surface area contributed by atoms with Crippen molar-refractivity contribution in [3.63, 3.8) is 0 Å². The number of carbonyl (C=O) groups is 3. The molecule has 0 aliphatic carbocycles. The van der Waals surface area contributed by atoms with E-state index in [1.54, 1.807) is 0 Å². The summed E-state index contributed by atoms with van der Waals surface area (Å²) >= 11 is 0. The van der Waals surface area contributed by atoms with Crippen LogP contribution in [-0.4, -0.2) is 37.2 Å². The number of hydrogen-bond acceptors (Lipinski definition) is 6. The molecule has 6 heteroatoms. The summed E-state index contributed by atoms with van der Waals surface area (Å²) in [5, 5.41) is 0. The smallest absolute Gasteiger partial charge is 0.306 e. The number of unbranched alkanes of at least 4 members (excludes halogenated alkanes) is 26. The van der Waals surface area contributed by atoms with E-state index in [2.05, 4.69) is 63.3 Å². The molecule has 336 valence electrons. The minimum Gasteiger partial charge on any atom is -0.462 e. The lowest BCUT2D eigenvalue weighted by Gasteiger charge is -2.18. The van der Waals surface area contributed by atoms with E-state index in [1.807, 2.05) is 6.08 Å². The molecule has 0 rings (SSSR count). The van der Waals surface area contributed by atoms with Gasteiger partial charge in [-0.25, -0.2) is 0 Å². The van der Waals surface area contributed by atoms with Gasteiger partial charge in [0, 0.05) is 19.3 Å². The lowest BCUT2D eigenvalue weighted by atomic mass is 10.0. The van der Waals surface area contributed by atoms with Crippen LogP contribution in [0.3, 0.4) is 0 Å². The molecular formula is C52H92O6. The van der Waals surface area contributed by atoms with E-state index in [1.165, 1.54) is 135 Å². The molecular weight excluding hydrogens is 721 g/mol. The van der Waals surface area contributed by atoms with Gasteiger partial charge in [-0.3, -0.25) is 14.4 Å². The number of esters is 3. The molecule has 6 nitrogen and oxygen atoms in total. The second-order valence-electron chi connectivity index (χ2n) is 16.4. The third-order valence-corrected chi connectivity index (χ3v) is 10.6. The number of carbonyl (C=O) groups excluding carboxylic acids is 3. The highest BCUT2D eigenvalue weighted by Crippen LogP contribution is 2.15. The maximum absolute atomic E-state index is 12.7. The SMILES string of the molecule is CCCC/C=C\C=C/CCCCCC(=O)OCC(COC(=O)CCCCCCCCCCCCCCCCCC)OC(=O)CC/C=C\C/C=C\CCCCCCCC. The number of hydrogen-bond donors (Lipinski definition) is 0. The van der Waals surface area contributed by atoms with Gasteiger partial charge in [-0.1, -0.05) is 217 Å². The van der Waals surface area contributed by atoms with Gasteiger partial charge >= 0.3 is 17.9 Å². The molecule has 0 aromatic heterocycles. The highest BCUT2D eigenvalue weighted by molar-refractivity contribution is 5.71. The molecule has 0 aromatic carbocycles. The third-order valence-electron chi connectivity index (χ3n) is 10.6. The van der Waals surface area contributed by atoms with Crippen LogP contribution in [0.25, 0.3) is 0 Å². The average molecular weight is 813 g/mol. The van der Waals surface area contributed by atoms with E-state index in [9.17, 15) is 14.4 Å². The molecule has 0 radical (unpaired) electrons. The highest BCUT2D eigenvalue weighted by Gasteiger charge is 2.19. The van der Waals surface area contributed by atoms with Gasteiger partial charge in [0.05, 0.1) is 0 Å². The molecule has 0 N–H and O–H groups in total. The zero-order valence-electron chi connectivity index (χ0n) is 38.3. The second kappa shape index (κ2) is 47.1. The molecule has 0 aromatic rings. The Morgan fingerprint density at radius 2 is 0.724 bits per heavy atom. The zero-order valence-corrected chi connectivity index (χ0v) is 38.3. The van der Waals surface area contributed by atoms with Crippen molar-refractivity contribution < 1.29 is 28.6 Å². The molecule has 0 aliphatic heterocycles. The summed E-state index contributed by atoms with van der Waals surface area (Å²) in [5.41, 5.74) is 0. The Labute approximate surface area is 358 Å². The molecule has 0 bridgehead atoms. The fourth-order valence-corrected chi connectivity index (χ4v) is 6.82. The van der Waals surface area contributed by atoms with Crippen molar-refractivity contribution in [2.24, 2.45) is 0 Å². The lowest BCUT2D eigenvalue weighted by molar-refractivity contribution is -0.166. The molecule has 0 saturated heterocycles. The van der Waals surface area contributed by atoms with E-state index >= 15 is 0 Å². The summed E-state index contributed by atoms with van der Waals surface area (Å²) in [4.78, 5) is 37.8. The van der Waals surface area contributed by atoms with E-state index in [0.717, 1.165) is 64.2 Å². The van der Waals surface area contributed by atoms with E-state index in [-0.39, 0.29) is 37.5 Å². The molecule has 1 atom stereocenters. The van der Waals surface area contributed by atoms with Gasteiger partial charge < -0.3 is 14.2 Å². The summed E-state index contributed by atoms with van der Waals surface area (Å²) in [5.74, 6) is -0.996. The van der Waals surface area contributed by atoms with Crippen LogP contribution in [0.1, 0.15) is 245 Å². The molecule has 0 saturated carbocycles. The maximum atomic E-state index is 12.7. The average Bonchev–Trinajstić information content (AvgIpc) is 3.22. The molecule has 58 heavy (non-hydrogen) atoms. The molecule has 1 unspecified atom stereocenters. The van der Waals surface area contributed by atoms with Crippen LogP contribution in [0.4, 0.5) is 0 Å². The van der Waals surface area contributed by atoms with E-state index in [0.29, 0.717) is 19.3 Å². The van der Waals surface area contributed by atoms with Crippen molar-refractivity contribution in [2.75, 3.05) is 13.2 Å². The van der Waals surface area contributed by atoms with Gasteiger partial charge in [0.1, 0.15) is 13.2 Å². The number of allylic oxidation sites excluding steroid dienone is 8. The quantitative estimate of drug-likeness (QED) is 0.0200. The largest absolute Gasteiger partial charge is 0.462 e. The van der Waals surface area contributed by atoms with Gasteiger partial charge in [0.2, 0.25) is 0 Å². The third kappa shape index (κ3) is 44.5. The first-order valence-corrected chi connectivity index (χ1v) is 24.7. The fourth-order valence-electron chi connectivity index (χ4n) is 6.82. The maximum Gasteiger partial charge on any atom is 0.306 e. The minimum atomic E-state index is -0.810. The van der Waals surface area contributed by atoms with Gasteiger partial charge in [-0.05, 0) is 57.8 Å². The summed E-state index contributed by atoms with van der Waals surface area (Å²) in [6, 6.07) is 0. The Kier molecular flexibility index (Phi) is 44.9. The van der Waals surface area contributed by atoms with Crippen LogP contribution in [0.5, 0.6) is 0 Å². The van der Waals surface area contributed by atoms with Gasteiger partial charge in [-0.15, -0.1) is 0 Å². The first kappa shape index (κ1) is 55.4. The topological polar surface area (TPSA) is 78.9 Å². The Hall–Kier alpha value is -2.63. The summed E-state index contributed by atoms with van der Waals surface area (Å²) < 4.78 is 16.7. The summed E-state index contributed by atoms with van der Waals surface area (Å²) in [7, 11) is 0. The van der Waals surface area contributed by atoms with Crippen LogP contribution in [0.2, 0.25) is 0 Å². The van der Waals surface area contributed by atoms with Crippen LogP contribution in [0.15, 0.2) is 48.6 Å². The summed E-state index contributed by atoms with van der Waals surface area (Å²) in [6.45, 7) is 6.51. The molecule has 0 amide bonds. The van der Waals surface area contributed by atoms with Crippen LogP contribution < -0.4 is 0 Å². The van der Waals surface area contributed by atoms with E-state index < -0.39 is 6.10 Å². The Morgan fingerprint density at radius 3 is 1.19 bits per heavy atom. The van der Waals surface area contributed by atoms with Crippen molar-refractivity contribution in [3.8, 4) is 0 Å². The Balaban J connectivity index is 4.42. The second-order valence-corrected chi connectivity index (χ2v) is 16.4. The van der Waals surface area contributed by atoms with Crippen molar-refractivity contribution in [3.05, 3.63) is 48.6 Å². The van der Waals surface area contributed by atoms with Crippen LogP contribution in [-0.2, 0) is 28.6 Å². The van der Waals surface area contributed by atoms with Crippen LogP contribution in [0, 0.1) is 0 Å². The normalized spacial score (nSPS) is 12.4. The molecule has 0 aliphatic rings. The first-order valence-electron chi connectivity index (χ1n) is 24.7. The monoisotopic (exact) mass is 813 g/mol. The molecule has 0 spiro atoms. The van der Waals surface area contributed by atoms with E-state index in [4.69, 9.17) is 14.2 Å². The van der Waals surface area contributed by atoms with Gasteiger partial charge in [0.25, 0.3) is 0 Å². The Bertz CT molecular complexity index is 1030. The standard InChI is InChI=1S/C52H92O6/c1-4-7-10-13-16-19-22-24-25-26-28-30-33-36-39-42-45-51(54)57-48-49(47-56-50(53)44-41-38-35-32-29-21-18-15-12-9-6-3)58-52(55)46-43-40-37-34-31-27-23-20-17-14-11-8-5-2/h15,18,21,27,29,31,37,40,49H,4-14,16-17,19-20,22-26,28,30,32-36,38-39,41-48H2,1-3H3/b18-15-,29-21-,31-27-,40-37-. The predicted octanol–water partition coefficient (Wildman–Crippen LogP) is 15.9. The van der Waals surface area contributed by atoms with Crippen LogP contribution >= 0.6 is 0 Å². The summed E-state index contributed by atoms with van der Waals surface area (Å²) in [6.07, 6.45) is 55.4. The van der Waals surface area contributed by atoms with Crippen molar-refractivity contribution in [1.82, 2.24) is 0 Å². The van der Waals surface area contributed by atoms with Crippen molar-refractivity contribution in [2.45, 2.75) is 252 Å². The number of ether oxygens (including phenoxy) is 3. The predicted molar refractivity (Wildman–Crippen MR) is 247 cm³/mol. The van der Waals surface area contributed by atoms with Crippen molar-refractivity contribution in [1.29, 1.82) is 0 Å².